The van der Waals surface area contributed by atoms with Crippen molar-refractivity contribution in [1.82, 2.24) is 4.98 Å². The van der Waals surface area contributed by atoms with Gasteiger partial charge in [0.05, 0.1) is 5.69 Å². The van der Waals surface area contributed by atoms with Crippen molar-refractivity contribution in [2.75, 3.05) is 0 Å². The van der Waals surface area contributed by atoms with Gasteiger partial charge in [0.25, 0.3) is 0 Å². The summed E-state index contributed by atoms with van der Waals surface area (Å²) < 4.78 is 0. The average Bonchev–Trinajstić information content (AvgIpc) is 2.68. The van der Waals surface area contributed by atoms with Crippen LogP contribution in [0.4, 0.5) is 0 Å². The summed E-state index contributed by atoms with van der Waals surface area (Å²) in [6, 6.07) is 13.3. The minimum atomic E-state index is 0.434. The number of allylic oxidation sites excluding steroid dienone is 3. The van der Waals surface area contributed by atoms with E-state index in [9.17, 15) is 0 Å². The van der Waals surface area contributed by atoms with Gasteiger partial charge in [-0.15, -0.1) is 0 Å². The third-order valence-electron chi connectivity index (χ3n) is 5.89. The predicted octanol–water partition coefficient (Wildman–Crippen LogP) is 7.50. The molecule has 1 aromatic carbocycles. The van der Waals surface area contributed by atoms with Crippen LogP contribution in [0, 0.1) is 5.92 Å². The molecule has 1 aliphatic rings. The molecule has 0 bridgehead atoms. The molecule has 142 valence electrons. The van der Waals surface area contributed by atoms with Crippen LogP contribution in [0.3, 0.4) is 0 Å². The molecule has 0 saturated carbocycles. The zero-order chi connectivity index (χ0) is 19.2. The van der Waals surface area contributed by atoms with Crippen molar-refractivity contribution in [3.05, 3.63) is 77.5 Å². The molecular weight excluding hydrogens is 326 g/mol. The number of aryl methyl sites for hydroxylation is 1. The highest BCUT2D eigenvalue weighted by Crippen LogP contribution is 2.41. The van der Waals surface area contributed by atoms with Crippen LogP contribution in [0.25, 0.3) is 11.3 Å². The molecule has 1 aliphatic carbocycles. The second kappa shape index (κ2) is 9.17. The normalized spacial score (nSPS) is 19.6. The molecular formula is C26H33N. The number of pyridine rings is 1. The minimum absolute atomic E-state index is 0.434. The summed E-state index contributed by atoms with van der Waals surface area (Å²) in [5, 5.41) is 0. The van der Waals surface area contributed by atoms with Gasteiger partial charge in [0, 0.05) is 17.7 Å². The van der Waals surface area contributed by atoms with Crippen LogP contribution in [-0.4, -0.2) is 4.98 Å². The maximum absolute atomic E-state index is 4.66. The van der Waals surface area contributed by atoms with E-state index in [1.807, 2.05) is 12.3 Å². The fourth-order valence-electron chi connectivity index (χ4n) is 4.30. The molecule has 0 N–H and O–H groups in total. The first kappa shape index (κ1) is 19.6. The van der Waals surface area contributed by atoms with E-state index in [2.05, 4.69) is 68.7 Å². The van der Waals surface area contributed by atoms with Crippen molar-refractivity contribution < 1.29 is 0 Å². The van der Waals surface area contributed by atoms with Gasteiger partial charge < -0.3 is 0 Å². The van der Waals surface area contributed by atoms with E-state index in [0.29, 0.717) is 11.8 Å². The fraction of sp³-hybridized carbons (Fsp3) is 0.423. The lowest BCUT2D eigenvalue weighted by molar-refractivity contribution is 0.483. The molecule has 0 aliphatic heterocycles. The minimum Gasteiger partial charge on any atom is -0.256 e. The van der Waals surface area contributed by atoms with Crippen molar-refractivity contribution in [2.45, 2.75) is 65.2 Å². The highest BCUT2D eigenvalue weighted by Gasteiger charge is 2.26. The van der Waals surface area contributed by atoms with Crippen LogP contribution < -0.4 is 0 Å². The molecule has 0 spiro atoms. The molecule has 0 radical (unpaired) electrons. The standard InChI is InChI=1S/C26H33N/c1-5-6-7-10-21-13-14-22(18-25(21)26-11-8-9-16-27-26)24-17-20(4)12-15-23(24)19(2)3/h8-9,11,13-14,16-18,23-24H,2,5-7,10,12,15H2,1,3-4H3. The molecule has 2 unspecified atom stereocenters. The van der Waals surface area contributed by atoms with Crippen LogP contribution in [-0.2, 0) is 6.42 Å². The van der Waals surface area contributed by atoms with Crippen LogP contribution in [0.15, 0.2) is 66.4 Å². The van der Waals surface area contributed by atoms with Crippen molar-refractivity contribution >= 4 is 0 Å². The number of rotatable bonds is 7. The lowest BCUT2D eigenvalue weighted by Crippen LogP contribution is -2.17. The molecule has 3 rings (SSSR count). The molecule has 1 nitrogen and oxygen atoms in total. The van der Waals surface area contributed by atoms with Gasteiger partial charge in [-0.05, 0) is 74.8 Å². The summed E-state index contributed by atoms with van der Waals surface area (Å²) in [6.45, 7) is 11.0. The Hall–Kier alpha value is -2.15. The van der Waals surface area contributed by atoms with E-state index in [4.69, 9.17) is 0 Å². The summed E-state index contributed by atoms with van der Waals surface area (Å²) in [5.41, 5.74) is 8.03. The Balaban J connectivity index is 2.01. The van der Waals surface area contributed by atoms with Gasteiger partial charge in [0.1, 0.15) is 0 Å². The molecule has 0 amide bonds. The average molecular weight is 360 g/mol. The van der Waals surface area contributed by atoms with Gasteiger partial charge in [-0.2, -0.15) is 0 Å². The number of nitrogens with zero attached hydrogens (tertiary/aromatic N) is 1. The summed E-state index contributed by atoms with van der Waals surface area (Å²) in [6.07, 6.45) is 11.7. The third kappa shape index (κ3) is 4.77. The highest BCUT2D eigenvalue weighted by atomic mass is 14.7. The second-order valence-corrected chi connectivity index (χ2v) is 8.12. The fourth-order valence-corrected chi connectivity index (χ4v) is 4.30. The topological polar surface area (TPSA) is 12.9 Å². The van der Waals surface area contributed by atoms with Crippen LogP contribution in [0.1, 0.15) is 69.9 Å². The first-order valence-electron chi connectivity index (χ1n) is 10.5. The smallest absolute Gasteiger partial charge is 0.0704 e. The maximum atomic E-state index is 4.66. The first-order chi connectivity index (χ1) is 13.1. The molecule has 1 heterocycles. The van der Waals surface area contributed by atoms with E-state index in [1.54, 1.807) is 0 Å². The summed E-state index contributed by atoms with van der Waals surface area (Å²) in [7, 11) is 0. The number of benzene rings is 1. The SMILES string of the molecule is C=C(C)C1CCC(C)=CC1c1ccc(CCCCC)c(-c2ccccn2)c1. The van der Waals surface area contributed by atoms with Gasteiger partial charge in [-0.1, -0.05) is 61.8 Å². The van der Waals surface area contributed by atoms with Gasteiger partial charge in [-0.25, -0.2) is 0 Å². The molecule has 0 fully saturated rings. The third-order valence-corrected chi connectivity index (χ3v) is 5.89. The zero-order valence-corrected chi connectivity index (χ0v) is 17.2. The Morgan fingerprint density at radius 3 is 2.74 bits per heavy atom. The van der Waals surface area contributed by atoms with E-state index in [0.717, 1.165) is 12.1 Å². The molecule has 2 atom stereocenters. The first-order valence-corrected chi connectivity index (χ1v) is 10.5. The van der Waals surface area contributed by atoms with Crippen molar-refractivity contribution in [3.63, 3.8) is 0 Å². The monoisotopic (exact) mass is 359 g/mol. The lowest BCUT2D eigenvalue weighted by atomic mass is 9.74. The summed E-state index contributed by atoms with van der Waals surface area (Å²) in [5.74, 6) is 0.972. The number of hydrogen-bond acceptors (Lipinski definition) is 1. The largest absolute Gasteiger partial charge is 0.256 e. The molecule has 1 heteroatoms. The van der Waals surface area contributed by atoms with E-state index in [1.165, 1.54) is 59.9 Å². The van der Waals surface area contributed by atoms with Gasteiger partial charge in [0.15, 0.2) is 0 Å². The summed E-state index contributed by atoms with van der Waals surface area (Å²) in [4.78, 5) is 4.66. The Bertz CT molecular complexity index is 800. The second-order valence-electron chi connectivity index (χ2n) is 8.12. The molecule has 2 aromatic rings. The zero-order valence-electron chi connectivity index (χ0n) is 17.2. The lowest BCUT2D eigenvalue weighted by Gasteiger charge is -2.31. The van der Waals surface area contributed by atoms with Gasteiger partial charge in [-0.3, -0.25) is 4.98 Å². The molecule has 27 heavy (non-hydrogen) atoms. The number of hydrogen-bond donors (Lipinski definition) is 0. The molecule has 1 aromatic heterocycles. The van der Waals surface area contributed by atoms with Gasteiger partial charge in [0.2, 0.25) is 0 Å². The van der Waals surface area contributed by atoms with Crippen LogP contribution >= 0.6 is 0 Å². The van der Waals surface area contributed by atoms with E-state index in [-0.39, 0.29) is 0 Å². The van der Waals surface area contributed by atoms with E-state index >= 15 is 0 Å². The number of aromatic nitrogens is 1. The highest BCUT2D eigenvalue weighted by molar-refractivity contribution is 5.65. The quantitative estimate of drug-likeness (QED) is 0.368. The predicted molar refractivity (Wildman–Crippen MR) is 117 cm³/mol. The Morgan fingerprint density at radius 2 is 2.04 bits per heavy atom. The van der Waals surface area contributed by atoms with Crippen molar-refractivity contribution in [1.29, 1.82) is 0 Å². The molecule has 0 saturated heterocycles. The van der Waals surface area contributed by atoms with E-state index < -0.39 is 0 Å². The van der Waals surface area contributed by atoms with Crippen LogP contribution in [0.5, 0.6) is 0 Å². The van der Waals surface area contributed by atoms with Crippen molar-refractivity contribution in [2.24, 2.45) is 5.92 Å². The van der Waals surface area contributed by atoms with Crippen molar-refractivity contribution in [3.8, 4) is 11.3 Å². The maximum Gasteiger partial charge on any atom is 0.0704 e. The Morgan fingerprint density at radius 1 is 1.19 bits per heavy atom. The Kier molecular flexibility index (Phi) is 6.66. The summed E-state index contributed by atoms with van der Waals surface area (Å²) >= 11 is 0. The Labute approximate surface area is 165 Å². The van der Waals surface area contributed by atoms with Gasteiger partial charge >= 0.3 is 0 Å². The van der Waals surface area contributed by atoms with Crippen LogP contribution in [0.2, 0.25) is 0 Å². The number of unbranched alkanes of at least 4 members (excludes halogenated alkanes) is 2.